The summed E-state index contributed by atoms with van der Waals surface area (Å²) >= 11 is 5.14. The van der Waals surface area contributed by atoms with E-state index < -0.39 is 0 Å². The molecule has 1 fully saturated rings. The Morgan fingerprint density at radius 1 is 1.39 bits per heavy atom. The summed E-state index contributed by atoms with van der Waals surface area (Å²) in [5.41, 5.74) is 0. The van der Waals surface area contributed by atoms with Gasteiger partial charge in [-0.3, -0.25) is 14.5 Å². The number of esters is 1. The summed E-state index contributed by atoms with van der Waals surface area (Å²) in [7, 11) is 1.96. The topological polar surface area (TPSA) is 49.9 Å². The third kappa shape index (κ3) is 5.58. The highest BCUT2D eigenvalue weighted by Gasteiger charge is 2.28. The van der Waals surface area contributed by atoms with E-state index in [1.165, 1.54) is 4.88 Å². The molecule has 128 valence electrons. The fourth-order valence-electron chi connectivity index (χ4n) is 2.71. The predicted octanol–water partition coefficient (Wildman–Crippen LogP) is 2.74. The van der Waals surface area contributed by atoms with E-state index in [1.807, 2.05) is 29.8 Å². The Morgan fingerprint density at radius 3 is 2.65 bits per heavy atom. The molecule has 0 spiro atoms. The van der Waals surface area contributed by atoms with Crippen LogP contribution in [0.2, 0.25) is 0 Å². The van der Waals surface area contributed by atoms with Crippen LogP contribution in [0.15, 0.2) is 15.9 Å². The molecule has 0 N–H and O–H groups in total. The number of thiophene rings is 1. The minimum atomic E-state index is -0.125. The molecule has 1 aromatic rings. The molecule has 0 aliphatic carbocycles. The molecule has 0 unspecified atom stereocenters. The Balaban J connectivity index is 1.75. The molecule has 0 saturated carbocycles. The van der Waals surface area contributed by atoms with Gasteiger partial charge < -0.3 is 9.64 Å². The summed E-state index contributed by atoms with van der Waals surface area (Å²) in [4.78, 5) is 29.2. The third-order valence-electron chi connectivity index (χ3n) is 3.93. The first-order valence-electron chi connectivity index (χ1n) is 7.86. The van der Waals surface area contributed by atoms with Gasteiger partial charge >= 0.3 is 5.97 Å². The van der Waals surface area contributed by atoms with Gasteiger partial charge in [0.1, 0.15) is 0 Å². The molecule has 0 radical (unpaired) electrons. The van der Waals surface area contributed by atoms with Crippen molar-refractivity contribution in [2.45, 2.75) is 26.3 Å². The molecule has 0 atom stereocenters. The molecule has 1 saturated heterocycles. The highest BCUT2D eigenvalue weighted by molar-refractivity contribution is 9.11. The predicted molar refractivity (Wildman–Crippen MR) is 94.3 cm³/mol. The normalized spacial score (nSPS) is 15.9. The maximum absolute atomic E-state index is 12.4. The van der Waals surface area contributed by atoms with Crippen molar-refractivity contribution < 1.29 is 14.3 Å². The lowest BCUT2D eigenvalue weighted by atomic mass is 9.97. The molecule has 1 amide bonds. The van der Waals surface area contributed by atoms with E-state index in [4.69, 9.17) is 4.74 Å². The fourth-order valence-corrected chi connectivity index (χ4v) is 4.28. The maximum Gasteiger partial charge on any atom is 0.309 e. The van der Waals surface area contributed by atoms with Crippen molar-refractivity contribution in [3.8, 4) is 0 Å². The van der Waals surface area contributed by atoms with Crippen LogP contribution in [-0.4, -0.2) is 55.0 Å². The van der Waals surface area contributed by atoms with Gasteiger partial charge in [0.05, 0.1) is 22.9 Å². The zero-order valence-electron chi connectivity index (χ0n) is 13.6. The quantitative estimate of drug-likeness (QED) is 0.686. The minimum absolute atomic E-state index is 0.0554. The van der Waals surface area contributed by atoms with E-state index in [0.29, 0.717) is 39.1 Å². The number of halogens is 1. The molecule has 1 aliphatic rings. The lowest BCUT2D eigenvalue weighted by Crippen LogP contribution is -2.44. The third-order valence-corrected chi connectivity index (χ3v) is 5.54. The number of hydrogen-bond acceptors (Lipinski definition) is 5. The SMILES string of the molecule is CCOC(=O)C1CCN(C(=O)CN(C)Cc2ccc(Br)s2)CC1. The van der Waals surface area contributed by atoms with Crippen LogP contribution in [0, 0.1) is 5.92 Å². The molecule has 1 aliphatic heterocycles. The zero-order chi connectivity index (χ0) is 16.8. The second kappa shape index (κ2) is 8.80. The van der Waals surface area contributed by atoms with Crippen molar-refractivity contribution in [3.63, 3.8) is 0 Å². The van der Waals surface area contributed by atoms with Crippen molar-refractivity contribution >= 4 is 39.1 Å². The molecule has 5 nitrogen and oxygen atoms in total. The van der Waals surface area contributed by atoms with Gasteiger partial charge in [-0.2, -0.15) is 0 Å². The Hall–Kier alpha value is -0.920. The number of likely N-dealkylation sites (N-methyl/N-ethyl adjacent to an activating group) is 1. The summed E-state index contributed by atoms with van der Waals surface area (Å²) in [5, 5.41) is 0. The fraction of sp³-hybridized carbons (Fsp3) is 0.625. The first-order chi connectivity index (χ1) is 11.0. The van der Waals surface area contributed by atoms with E-state index in [1.54, 1.807) is 11.3 Å². The van der Waals surface area contributed by atoms with E-state index in [-0.39, 0.29) is 17.8 Å². The van der Waals surface area contributed by atoms with E-state index in [9.17, 15) is 9.59 Å². The molecule has 1 aromatic heterocycles. The van der Waals surface area contributed by atoms with Gasteiger partial charge in [-0.25, -0.2) is 0 Å². The van der Waals surface area contributed by atoms with Gasteiger partial charge in [0.15, 0.2) is 0 Å². The molecule has 23 heavy (non-hydrogen) atoms. The molecule has 0 bridgehead atoms. The monoisotopic (exact) mass is 402 g/mol. The Kier molecular flexibility index (Phi) is 7.05. The van der Waals surface area contributed by atoms with Crippen LogP contribution in [0.4, 0.5) is 0 Å². The summed E-state index contributed by atoms with van der Waals surface area (Å²) < 4.78 is 6.16. The lowest BCUT2D eigenvalue weighted by Gasteiger charge is -2.32. The standard InChI is InChI=1S/C16H23BrN2O3S/c1-3-22-16(21)12-6-8-19(9-7-12)15(20)11-18(2)10-13-4-5-14(17)23-13/h4-5,12H,3,6-11H2,1-2H3. The first kappa shape index (κ1) is 18.4. The van der Waals surface area contributed by atoms with Crippen molar-refractivity contribution in [1.29, 1.82) is 0 Å². The summed E-state index contributed by atoms with van der Waals surface area (Å²) in [5.74, 6) is -0.0504. The van der Waals surface area contributed by atoms with Gasteiger partial charge in [-0.1, -0.05) is 0 Å². The van der Waals surface area contributed by atoms with Crippen LogP contribution in [0.3, 0.4) is 0 Å². The van der Waals surface area contributed by atoms with Crippen LogP contribution in [-0.2, 0) is 20.9 Å². The highest BCUT2D eigenvalue weighted by atomic mass is 79.9. The van der Waals surface area contributed by atoms with Crippen LogP contribution >= 0.6 is 27.3 Å². The van der Waals surface area contributed by atoms with Crippen LogP contribution in [0.5, 0.6) is 0 Å². The highest BCUT2D eigenvalue weighted by Crippen LogP contribution is 2.23. The average molecular weight is 403 g/mol. The van der Waals surface area contributed by atoms with Crippen LogP contribution in [0.1, 0.15) is 24.6 Å². The van der Waals surface area contributed by atoms with Gasteiger partial charge in [-0.15, -0.1) is 11.3 Å². The Morgan fingerprint density at radius 2 is 2.09 bits per heavy atom. The Bertz CT molecular complexity index is 541. The van der Waals surface area contributed by atoms with E-state index in [2.05, 4.69) is 22.0 Å². The van der Waals surface area contributed by atoms with Gasteiger partial charge in [0.25, 0.3) is 0 Å². The molecule has 0 aromatic carbocycles. The second-order valence-electron chi connectivity index (χ2n) is 5.79. The van der Waals surface area contributed by atoms with Gasteiger partial charge in [0.2, 0.25) is 5.91 Å². The average Bonchev–Trinajstić information content (AvgIpc) is 2.92. The number of nitrogens with zero attached hydrogens (tertiary/aromatic N) is 2. The smallest absolute Gasteiger partial charge is 0.309 e. The number of carbonyl (C=O) groups excluding carboxylic acids is 2. The number of rotatable bonds is 6. The summed E-state index contributed by atoms with van der Waals surface area (Å²) in [6.07, 6.45) is 1.40. The molecular weight excluding hydrogens is 380 g/mol. The van der Waals surface area contributed by atoms with Crippen LogP contribution in [0.25, 0.3) is 0 Å². The number of amides is 1. The zero-order valence-corrected chi connectivity index (χ0v) is 16.0. The van der Waals surface area contributed by atoms with Gasteiger partial charge in [-0.05, 0) is 54.9 Å². The van der Waals surface area contributed by atoms with Crippen molar-refractivity contribution in [1.82, 2.24) is 9.80 Å². The number of likely N-dealkylation sites (tertiary alicyclic amines) is 1. The number of ether oxygens (including phenoxy) is 1. The number of carbonyl (C=O) groups is 2. The lowest BCUT2D eigenvalue weighted by molar-refractivity contribution is -0.151. The number of piperidine rings is 1. The van der Waals surface area contributed by atoms with Gasteiger partial charge in [0, 0.05) is 24.5 Å². The summed E-state index contributed by atoms with van der Waals surface area (Å²) in [6, 6.07) is 4.09. The van der Waals surface area contributed by atoms with Crippen molar-refractivity contribution in [3.05, 3.63) is 20.8 Å². The molecule has 2 rings (SSSR count). The first-order valence-corrected chi connectivity index (χ1v) is 9.47. The molecule has 2 heterocycles. The van der Waals surface area contributed by atoms with Crippen LogP contribution < -0.4 is 0 Å². The second-order valence-corrected chi connectivity index (χ2v) is 8.33. The van der Waals surface area contributed by atoms with Crippen molar-refractivity contribution in [2.24, 2.45) is 5.92 Å². The van der Waals surface area contributed by atoms with E-state index in [0.717, 1.165) is 10.3 Å². The van der Waals surface area contributed by atoms with Crippen molar-refractivity contribution in [2.75, 3.05) is 33.3 Å². The largest absolute Gasteiger partial charge is 0.466 e. The van der Waals surface area contributed by atoms with E-state index >= 15 is 0 Å². The number of hydrogen-bond donors (Lipinski definition) is 0. The Labute approximate surface area is 149 Å². The maximum atomic E-state index is 12.4. The molecular formula is C16H23BrN2O3S. The minimum Gasteiger partial charge on any atom is -0.466 e. The molecule has 7 heteroatoms. The summed E-state index contributed by atoms with van der Waals surface area (Å²) in [6.45, 7) is 4.68.